The van der Waals surface area contributed by atoms with Crippen LogP contribution in [0.4, 0.5) is 4.79 Å². The molecule has 0 bridgehead atoms. The SMILES string of the molecule is CC(C)N(CCCO)C(=O)CN1C(=O)CNC1=O. The van der Waals surface area contributed by atoms with Gasteiger partial charge in [-0.3, -0.25) is 14.5 Å². The molecule has 0 aromatic heterocycles. The van der Waals surface area contributed by atoms with Crippen molar-refractivity contribution in [1.82, 2.24) is 15.1 Å². The fourth-order valence-corrected chi connectivity index (χ4v) is 1.75. The molecule has 0 saturated carbocycles. The highest BCUT2D eigenvalue weighted by atomic mass is 16.3. The molecule has 1 rings (SSSR count). The first-order valence-corrected chi connectivity index (χ1v) is 5.96. The van der Waals surface area contributed by atoms with Crippen LogP contribution < -0.4 is 5.32 Å². The lowest BCUT2D eigenvalue weighted by Crippen LogP contribution is -2.46. The Morgan fingerprint density at radius 2 is 2.17 bits per heavy atom. The third-order valence-electron chi connectivity index (χ3n) is 2.73. The molecule has 0 aliphatic carbocycles. The van der Waals surface area contributed by atoms with Crippen LogP contribution in [0.1, 0.15) is 20.3 Å². The predicted molar refractivity (Wildman–Crippen MR) is 63.7 cm³/mol. The molecule has 7 nitrogen and oxygen atoms in total. The standard InChI is InChI=1S/C11H19N3O4/c1-8(2)13(4-3-5-15)10(17)7-14-9(16)6-12-11(14)18/h8,15H,3-7H2,1-2H3,(H,12,18). The number of rotatable bonds is 6. The van der Waals surface area contributed by atoms with E-state index in [1.54, 1.807) is 4.90 Å². The molecule has 2 N–H and O–H groups in total. The number of imide groups is 1. The second-order valence-electron chi connectivity index (χ2n) is 4.40. The minimum atomic E-state index is -0.529. The van der Waals surface area contributed by atoms with Crippen LogP contribution in [0.15, 0.2) is 0 Å². The molecule has 1 fully saturated rings. The number of nitrogens with one attached hydrogen (secondary N) is 1. The highest BCUT2D eigenvalue weighted by molar-refractivity contribution is 6.04. The van der Waals surface area contributed by atoms with Crippen molar-refractivity contribution in [1.29, 1.82) is 0 Å². The molecular formula is C11H19N3O4. The molecule has 0 spiro atoms. The molecule has 7 heteroatoms. The van der Waals surface area contributed by atoms with Crippen LogP contribution in [0.25, 0.3) is 0 Å². The number of nitrogens with zero attached hydrogens (tertiary/aromatic N) is 2. The molecule has 1 heterocycles. The molecule has 0 radical (unpaired) electrons. The maximum atomic E-state index is 12.0. The van der Waals surface area contributed by atoms with E-state index in [1.807, 2.05) is 13.8 Å². The predicted octanol–water partition coefficient (Wildman–Crippen LogP) is -0.842. The van der Waals surface area contributed by atoms with E-state index in [-0.39, 0.29) is 37.6 Å². The Kier molecular flexibility index (Phi) is 5.08. The van der Waals surface area contributed by atoms with Crippen LogP contribution in [-0.2, 0) is 9.59 Å². The Balaban J connectivity index is 2.60. The molecule has 0 aromatic carbocycles. The van der Waals surface area contributed by atoms with Gasteiger partial charge in [0, 0.05) is 19.2 Å². The molecule has 1 aliphatic heterocycles. The van der Waals surface area contributed by atoms with Crippen LogP contribution in [0.5, 0.6) is 0 Å². The van der Waals surface area contributed by atoms with Crippen molar-refractivity contribution >= 4 is 17.8 Å². The largest absolute Gasteiger partial charge is 0.396 e. The summed E-state index contributed by atoms with van der Waals surface area (Å²) in [4.78, 5) is 37.1. The zero-order valence-corrected chi connectivity index (χ0v) is 10.7. The van der Waals surface area contributed by atoms with E-state index < -0.39 is 6.03 Å². The average molecular weight is 257 g/mol. The van der Waals surface area contributed by atoms with Gasteiger partial charge < -0.3 is 15.3 Å². The van der Waals surface area contributed by atoms with Crippen LogP contribution in [-0.4, -0.2) is 65.0 Å². The lowest BCUT2D eigenvalue weighted by molar-refractivity contribution is -0.137. The van der Waals surface area contributed by atoms with E-state index in [9.17, 15) is 14.4 Å². The van der Waals surface area contributed by atoms with Gasteiger partial charge in [0.2, 0.25) is 5.91 Å². The third kappa shape index (κ3) is 3.43. The minimum Gasteiger partial charge on any atom is -0.396 e. The van der Waals surface area contributed by atoms with Crippen LogP contribution >= 0.6 is 0 Å². The zero-order valence-electron chi connectivity index (χ0n) is 10.7. The van der Waals surface area contributed by atoms with Crippen molar-refractivity contribution in [2.24, 2.45) is 0 Å². The van der Waals surface area contributed by atoms with Gasteiger partial charge in [-0.25, -0.2) is 4.79 Å². The van der Waals surface area contributed by atoms with Gasteiger partial charge in [-0.1, -0.05) is 0 Å². The molecule has 102 valence electrons. The van der Waals surface area contributed by atoms with E-state index in [1.165, 1.54) is 0 Å². The molecular weight excluding hydrogens is 238 g/mol. The van der Waals surface area contributed by atoms with E-state index >= 15 is 0 Å². The second-order valence-corrected chi connectivity index (χ2v) is 4.40. The fourth-order valence-electron chi connectivity index (χ4n) is 1.75. The van der Waals surface area contributed by atoms with Gasteiger partial charge in [0.05, 0.1) is 6.54 Å². The topological polar surface area (TPSA) is 89.9 Å². The summed E-state index contributed by atoms with van der Waals surface area (Å²) in [6, 6.07) is -0.566. The smallest absolute Gasteiger partial charge is 0.325 e. The maximum Gasteiger partial charge on any atom is 0.325 e. The molecule has 18 heavy (non-hydrogen) atoms. The van der Waals surface area contributed by atoms with Gasteiger partial charge in [0.15, 0.2) is 0 Å². The van der Waals surface area contributed by atoms with Crippen molar-refractivity contribution in [2.75, 3.05) is 26.2 Å². The molecule has 1 aliphatic rings. The van der Waals surface area contributed by atoms with Gasteiger partial charge >= 0.3 is 6.03 Å². The molecule has 4 amide bonds. The van der Waals surface area contributed by atoms with E-state index in [4.69, 9.17) is 5.11 Å². The normalized spacial score (nSPS) is 15.2. The van der Waals surface area contributed by atoms with E-state index in [0.29, 0.717) is 13.0 Å². The summed E-state index contributed by atoms with van der Waals surface area (Å²) in [5, 5.41) is 11.1. The summed E-state index contributed by atoms with van der Waals surface area (Å²) in [5.41, 5.74) is 0. The highest BCUT2D eigenvalue weighted by Gasteiger charge is 2.31. The van der Waals surface area contributed by atoms with Crippen LogP contribution in [0.2, 0.25) is 0 Å². The number of amides is 4. The number of carbonyl (C=O) groups is 3. The summed E-state index contributed by atoms with van der Waals surface area (Å²) < 4.78 is 0. The fraction of sp³-hybridized carbons (Fsp3) is 0.727. The van der Waals surface area contributed by atoms with Gasteiger partial charge in [0.25, 0.3) is 5.91 Å². The summed E-state index contributed by atoms with van der Waals surface area (Å²) in [6.45, 7) is 3.82. The first-order valence-electron chi connectivity index (χ1n) is 5.96. The number of urea groups is 1. The third-order valence-corrected chi connectivity index (χ3v) is 2.73. The number of carbonyl (C=O) groups excluding carboxylic acids is 3. The summed E-state index contributed by atoms with van der Waals surface area (Å²) in [7, 11) is 0. The van der Waals surface area contributed by atoms with E-state index in [2.05, 4.69) is 5.32 Å². The van der Waals surface area contributed by atoms with Crippen LogP contribution in [0, 0.1) is 0 Å². The minimum absolute atomic E-state index is 0.000366. The van der Waals surface area contributed by atoms with Crippen LogP contribution in [0.3, 0.4) is 0 Å². The number of hydrogen-bond donors (Lipinski definition) is 2. The quantitative estimate of drug-likeness (QED) is 0.607. The summed E-state index contributed by atoms with van der Waals surface area (Å²) in [5.74, 6) is -0.678. The lowest BCUT2D eigenvalue weighted by Gasteiger charge is -2.27. The molecule has 0 unspecified atom stereocenters. The lowest BCUT2D eigenvalue weighted by atomic mass is 10.2. The van der Waals surface area contributed by atoms with Gasteiger partial charge in [-0.2, -0.15) is 0 Å². The average Bonchev–Trinajstić information content (AvgIpc) is 2.61. The zero-order chi connectivity index (χ0) is 13.7. The van der Waals surface area contributed by atoms with Gasteiger partial charge in [0.1, 0.15) is 6.54 Å². The first kappa shape index (κ1) is 14.4. The van der Waals surface area contributed by atoms with Gasteiger partial charge in [-0.05, 0) is 20.3 Å². The molecule has 0 atom stereocenters. The number of aliphatic hydroxyl groups excluding tert-OH is 1. The van der Waals surface area contributed by atoms with Crippen molar-refractivity contribution in [2.45, 2.75) is 26.3 Å². The van der Waals surface area contributed by atoms with Crippen molar-refractivity contribution in [3.63, 3.8) is 0 Å². The van der Waals surface area contributed by atoms with Crippen molar-refractivity contribution < 1.29 is 19.5 Å². The molecule has 0 aromatic rings. The van der Waals surface area contributed by atoms with Crippen molar-refractivity contribution in [3.8, 4) is 0 Å². The summed E-state index contributed by atoms with van der Waals surface area (Å²) in [6.07, 6.45) is 0.476. The van der Waals surface area contributed by atoms with Crippen molar-refractivity contribution in [3.05, 3.63) is 0 Å². The Labute approximate surface area is 106 Å². The highest BCUT2D eigenvalue weighted by Crippen LogP contribution is 2.05. The van der Waals surface area contributed by atoms with Gasteiger partial charge in [-0.15, -0.1) is 0 Å². The van der Waals surface area contributed by atoms with E-state index in [0.717, 1.165) is 4.90 Å². The first-order chi connectivity index (χ1) is 8.47. The Bertz CT molecular complexity index is 327. The summed E-state index contributed by atoms with van der Waals surface area (Å²) >= 11 is 0. The number of hydrogen-bond acceptors (Lipinski definition) is 4. The maximum absolute atomic E-state index is 12.0. The number of aliphatic hydroxyl groups is 1. The molecule has 1 saturated heterocycles. The Morgan fingerprint density at radius 1 is 1.50 bits per heavy atom. The Hall–Kier alpha value is -1.63. The Morgan fingerprint density at radius 3 is 2.61 bits per heavy atom. The monoisotopic (exact) mass is 257 g/mol. The second kappa shape index (κ2) is 6.34.